The molecule has 23 heavy (non-hydrogen) atoms. The van der Waals surface area contributed by atoms with Crippen LogP contribution < -0.4 is 0 Å². The molecule has 0 spiro atoms. The normalized spacial score (nSPS) is 20.4. The van der Waals surface area contributed by atoms with Crippen molar-refractivity contribution >= 4 is 17.5 Å². The molecule has 1 fully saturated rings. The van der Waals surface area contributed by atoms with Gasteiger partial charge in [-0.05, 0) is 56.2 Å². The summed E-state index contributed by atoms with van der Waals surface area (Å²) in [6.45, 7) is 6.44. The molecule has 0 saturated heterocycles. The third-order valence-corrected chi connectivity index (χ3v) is 6.49. The Bertz CT molecular complexity index is 682. The lowest BCUT2D eigenvalue weighted by Crippen LogP contribution is -2.40. The van der Waals surface area contributed by atoms with Gasteiger partial charge in [0.25, 0.3) is 0 Å². The fourth-order valence-electron chi connectivity index (χ4n) is 3.48. The fourth-order valence-corrected chi connectivity index (χ4v) is 4.87. The van der Waals surface area contributed by atoms with E-state index in [0.29, 0.717) is 11.7 Å². The van der Waals surface area contributed by atoms with Crippen molar-refractivity contribution in [2.75, 3.05) is 0 Å². The summed E-state index contributed by atoms with van der Waals surface area (Å²) in [7, 11) is 0. The molecule has 1 aliphatic rings. The quantitative estimate of drug-likeness (QED) is 0.743. The van der Waals surface area contributed by atoms with Gasteiger partial charge in [0.2, 0.25) is 0 Å². The number of carbonyl (C=O) groups is 1. The number of carbonyl (C=O) groups excluding carboxylic acids is 1. The molecule has 1 saturated carbocycles. The molecule has 120 valence electrons. The second kappa shape index (κ2) is 6.92. The number of benzene rings is 2. The number of thioether (sulfide) groups is 1. The Balaban J connectivity index is 1.66. The first-order valence-electron chi connectivity index (χ1n) is 8.35. The van der Waals surface area contributed by atoms with Crippen molar-refractivity contribution in [3.63, 3.8) is 0 Å². The summed E-state index contributed by atoms with van der Waals surface area (Å²) in [4.78, 5) is 13.4. The molecular formula is C21H24OS. The third kappa shape index (κ3) is 3.69. The Kier molecular flexibility index (Phi) is 4.91. The molecule has 3 rings (SSSR count). The molecule has 0 heterocycles. The number of hydrogen-bond donors (Lipinski definition) is 0. The van der Waals surface area contributed by atoms with Crippen molar-refractivity contribution in [3.05, 3.63) is 64.7 Å². The van der Waals surface area contributed by atoms with Gasteiger partial charge in [-0.25, -0.2) is 0 Å². The van der Waals surface area contributed by atoms with Crippen LogP contribution in [-0.4, -0.2) is 11.0 Å². The molecule has 2 aromatic rings. The standard InChI is InChI=1S/C21H24OS/c1-14-11-15(2)20(16(3)12-14)23-21-18(13-19(21)22)10-9-17-7-5-4-6-8-17/h4-8,11-12,18,21H,9-10,13H2,1-3H3/t18-,21+/m0/s1. The predicted molar refractivity (Wildman–Crippen MR) is 98.2 cm³/mol. The van der Waals surface area contributed by atoms with Gasteiger partial charge < -0.3 is 0 Å². The summed E-state index contributed by atoms with van der Waals surface area (Å²) in [5, 5.41) is 0.152. The highest BCUT2D eigenvalue weighted by atomic mass is 32.2. The van der Waals surface area contributed by atoms with E-state index in [4.69, 9.17) is 0 Å². The van der Waals surface area contributed by atoms with E-state index in [1.165, 1.54) is 27.1 Å². The maximum Gasteiger partial charge on any atom is 0.146 e. The summed E-state index contributed by atoms with van der Waals surface area (Å²) in [6.07, 6.45) is 2.94. The highest BCUT2D eigenvalue weighted by molar-refractivity contribution is 8.00. The van der Waals surface area contributed by atoms with Gasteiger partial charge in [-0.2, -0.15) is 0 Å². The number of aryl methyl sites for hydroxylation is 4. The highest BCUT2D eigenvalue weighted by Crippen LogP contribution is 2.43. The molecule has 0 bridgehead atoms. The molecule has 0 aliphatic heterocycles. The Morgan fingerprint density at radius 3 is 2.30 bits per heavy atom. The molecule has 1 aliphatic carbocycles. The maximum absolute atomic E-state index is 12.1. The largest absolute Gasteiger partial charge is 0.298 e. The number of ketones is 1. The average Bonchev–Trinajstić information content (AvgIpc) is 2.51. The van der Waals surface area contributed by atoms with Crippen LogP contribution in [0.5, 0.6) is 0 Å². The zero-order valence-corrected chi connectivity index (χ0v) is 15.0. The smallest absolute Gasteiger partial charge is 0.146 e. The highest BCUT2D eigenvalue weighted by Gasteiger charge is 2.40. The molecule has 2 atom stereocenters. The average molecular weight is 324 g/mol. The van der Waals surface area contributed by atoms with E-state index in [2.05, 4.69) is 63.2 Å². The van der Waals surface area contributed by atoms with Crippen molar-refractivity contribution in [2.45, 2.75) is 50.2 Å². The zero-order valence-electron chi connectivity index (χ0n) is 14.1. The summed E-state index contributed by atoms with van der Waals surface area (Å²) in [6, 6.07) is 15.0. The van der Waals surface area contributed by atoms with Gasteiger partial charge in [-0.1, -0.05) is 48.0 Å². The third-order valence-electron chi connectivity index (χ3n) is 4.70. The van der Waals surface area contributed by atoms with Gasteiger partial charge in [0.1, 0.15) is 5.78 Å². The van der Waals surface area contributed by atoms with Crippen molar-refractivity contribution in [1.29, 1.82) is 0 Å². The van der Waals surface area contributed by atoms with Crippen LogP contribution in [0.4, 0.5) is 0 Å². The molecule has 0 N–H and O–H groups in total. The van der Waals surface area contributed by atoms with E-state index in [1.807, 2.05) is 0 Å². The molecular weight excluding hydrogens is 300 g/mol. The Morgan fingerprint density at radius 1 is 1.04 bits per heavy atom. The minimum Gasteiger partial charge on any atom is -0.298 e. The first-order valence-corrected chi connectivity index (χ1v) is 9.23. The van der Waals surface area contributed by atoms with Crippen molar-refractivity contribution < 1.29 is 4.79 Å². The van der Waals surface area contributed by atoms with Crippen LogP contribution in [0, 0.1) is 26.7 Å². The molecule has 2 heteroatoms. The summed E-state index contributed by atoms with van der Waals surface area (Å²) in [5.41, 5.74) is 5.27. The van der Waals surface area contributed by atoms with Gasteiger partial charge >= 0.3 is 0 Å². The van der Waals surface area contributed by atoms with Crippen LogP contribution in [0.2, 0.25) is 0 Å². The number of hydrogen-bond acceptors (Lipinski definition) is 2. The van der Waals surface area contributed by atoms with Crippen LogP contribution in [0.15, 0.2) is 47.4 Å². The first kappa shape index (κ1) is 16.3. The summed E-state index contributed by atoms with van der Waals surface area (Å²) in [5.74, 6) is 0.945. The van der Waals surface area contributed by atoms with Crippen LogP contribution in [0.25, 0.3) is 0 Å². The van der Waals surface area contributed by atoms with E-state index >= 15 is 0 Å². The first-order chi connectivity index (χ1) is 11.0. The van der Waals surface area contributed by atoms with E-state index < -0.39 is 0 Å². The van der Waals surface area contributed by atoms with Crippen molar-refractivity contribution in [2.24, 2.45) is 5.92 Å². The Morgan fingerprint density at radius 2 is 1.70 bits per heavy atom. The van der Waals surface area contributed by atoms with Gasteiger partial charge in [0, 0.05) is 11.3 Å². The Labute approximate surface area is 143 Å². The molecule has 1 nitrogen and oxygen atoms in total. The van der Waals surface area contributed by atoms with Crippen molar-refractivity contribution in [1.82, 2.24) is 0 Å². The SMILES string of the molecule is Cc1cc(C)c(S[C@H]2C(=O)C[C@@H]2CCc2ccccc2)c(C)c1. The Hall–Kier alpha value is -1.54. The second-order valence-electron chi connectivity index (χ2n) is 6.72. The van der Waals surface area contributed by atoms with Crippen molar-refractivity contribution in [3.8, 4) is 0 Å². The number of rotatable bonds is 5. The summed E-state index contributed by atoms with van der Waals surface area (Å²) >= 11 is 1.79. The van der Waals surface area contributed by atoms with Crippen LogP contribution >= 0.6 is 11.8 Å². The lowest BCUT2D eigenvalue weighted by Gasteiger charge is -2.35. The molecule has 0 radical (unpaired) electrons. The molecule has 0 aromatic heterocycles. The van der Waals surface area contributed by atoms with Crippen LogP contribution in [0.3, 0.4) is 0 Å². The fraction of sp³-hybridized carbons (Fsp3) is 0.381. The topological polar surface area (TPSA) is 17.1 Å². The van der Waals surface area contributed by atoms with E-state index in [9.17, 15) is 4.79 Å². The maximum atomic E-state index is 12.1. The van der Waals surface area contributed by atoms with E-state index in [0.717, 1.165) is 19.3 Å². The molecule has 0 amide bonds. The monoisotopic (exact) mass is 324 g/mol. The van der Waals surface area contributed by atoms with Crippen LogP contribution in [0.1, 0.15) is 35.1 Å². The van der Waals surface area contributed by atoms with Gasteiger partial charge in [0.05, 0.1) is 5.25 Å². The van der Waals surface area contributed by atoms with Gasteiger partial charge in [-0.3, -0.25) is 4.79 Å². The molecule has 0 unspecified atom stereocenters. The van der Waals surface area contributed by atoms with E-state index in [1.54, 1.807) is 11.8 Å². The van der Waals surface area contributed by atoms with Crippen LogP contribution in [-0.2, 0) is 11.2 Å². The minimum atomic E-state index is 0.152. The lowest BCUT2D eigenvalue weighted by molar-refractivity contribution is -0.126. The number of Topliss-reactive ketones (excluding diaryl/α,β-unsaturated/α-hetero) is 1. The lowest BCUT2D eigenvalue weighted by atomic mass is 9.79. The molecule has 2 aromatic carbocycles. The predicted octanol–water partition coefficient (Wildman–Crippen LogP) is 5.29. The second-order valence-corrected chi connectivity index (χ2v) is 7.87. The van der Waals surface area contributed by atoms with E-state index in [-0.39, 0.29) is 5.25 Å². The van der Waals surface area contributed by atoms with Gasteiger partial charge in [0.15, 0.2) is 0 Å². The summed E-state index contributed by atoms with van der Waals surface area (Å²) < 4.78 is 0. The zero-order chi connectivity index (χ0) is 16.4. The van der Waals surface area contributed by atoms with Gasteiger partial charge in [-0.15, -0.1) is 11.8 Å². The minimum absolute atomic E-state index is 0.152.